The Morgan fingerprint density at radius 2 is 2.11 bits per heavy atom. The highest BCUT2D eigenvalue weighted by atomic mass is 16.6. The lowest BCUT2D eigenvalue weighted by Gasteiger charge is -2.09. The van der Waals surface area contributed by atoms with E-state index in [2.05, 4.69) is 4.98 Å². The number of nitrogens with zero attached hydrogens (tertiary/aromatic N) is 3. The Morgan fingerprint density at radius 1 is 1.26 bits per heavy atom. The topological polar surface area (TPSA) is 78.0 Å². The van der Waals surface area contributed by atoms with Crippen LogP contribution in [0.15, 0.2) is 23.0 Å². The summed E-state index contributed by atoms with van der Waals surface area (Å²) in [6.45, 7) is 0.653. The van der Waals surface area contributed by atoms with E-state index < -0.39 is 4.92 Å². The van der Waals surface area contributed by atoms with Gasteiger partial charge in [-0.2, -0.15) is 0 Å². The van der Waals surface area contributed by atoms with E-state index in [1.165, 1.54) is 12.1 Å². The molecule has 6 nitrogen and oxygen atoms in total. The second kappa shape index (κ2) is 4.46. The van der Waals surface area contributed by atoms with E-state index in [-0.39, 0.29) is 11.2 Å². The maximum absolute atomic E-state index is 12.4. The number of hydrogen-bond acceptors (Lipinski definition) is 4. The number of nitro benzene ring substituents is 1. The van der Waals surface area contributed by atoms with Crippen LogP contribution >= 0.6 is 0 Å². The van der Waals surface area contributed by atoms with Crippen LogP contribution in [0.5, 0.6) is 0 Å². The maximum atomic E-state index is 12.4. The maximum Gasteiger partial charge on any atom is 0.270 e. The van der Waals surface area contributed by atoms with Gasteiger partial charge in [-0.05, 0) is 18.9 Å². The van der Waals surface area contributed by atoms with Gasteiger partial charge in [-0.1, -0.05) is 6.42 Å². The fourth-order valence-corrected chi connectivity index (χ4v) is 2.52. The predicted octanol–water partition coefficient (Wildman–Crippen LogP) is 2.03. The molecule has 2 aromatic rings. The summed E-state index contributed by atoms with van der Waals surface area (Å²) in [6, 6.07) is 4.27. The Kier molecular flexibility index (Phi) is 2.77. The predicted molar refractivity (Wildman–Crippen MR) is 70.2 cm³/mol. The van der Waals surface area contributed by atoms with Gasteiger partial charge in [-0.25, -0.2) is 4.98 Å². The van der Waals surface area contributed by atoms with Crippen LogP contribution in [0.4, 0.5) is 5.69 Å². The van der Waals surface area contributed by atoms with Crippen molar-refractivity contribution >= 4 is 16.6 Å². The van der Waals surface area contributed by atoms with E-state index in [0.717, 1.165) is 31.5 Å². The quantitative estimate of drug-likeness (QED) is 0.580. The molecule has 19 heavy (non-hydrogen) atoms. The van der Waals surface area contributed by atoms with E-state index in [4.69, 9.17) is 0 Å². The highest BCUT2D eigenvalue weighted by Crippen LogP contribution is 2.19. The molecule has 1 aliphatic rings. The lowest BCUT2D eigenvalue weighted by Crippen LogP contribution is -2.24. The van der Waals surface area contributed by atoms with Gasteiger partial charge in [-0.3, -0.25) is 19.5 Å². The van der Waals surface area contributed by atoms with Crippen LogP contribution < -0.4 is 5.56 Å². The number of rotatable bonds is 1. The summed E-state index contributed by atoms with van der Waals surface area (Å²) in [5.41, 5.74) is 0.315. The van der Waals surface area contributed by atoms with Crippen LogP contribution in [-0.4, -0.2) is 14.5 Å². The first-order valence-electron chi connectivity index (χ1n) is 6.35. The minimum Gasteiger partial charge on any atom is -0.296 e. The lowest BCUT2D eigenvalue weighted by molar-refractivity contribution is -0.384. The van der Waals surface area contributed by atoms with Crippen LogP contribution in [-0.2, 0) is 13.0 Å². The molecule has 3 rings (SSSR count). The highest BCUT2D eigenvalue weighted by molar-refractivity contribution is 5.80. The van der Waals surface area contributed by atoms with Crippen molar-refractivity contribution in [3.05, 3.63) is 44.5 Å². The van der Waals surface area contributed by atoms with E-state index in [1.807, 2.05) is 0 Å². The first-order valence-corrected chi connectivity index (χ1v) is 6.35. The summed E-state index contributed by atoms with van der Waals surface area (Å²) in [5, 5.41) is 11.1. The normalized spacial score (nSPS) is 14.9. The number of benzene rings is 1. The van der Waals surface area contributed by atoms with Crippen LogP contribution in [0.2, 0.25) is 0 Å². The fraction of sp³-hybridized carbons (Fsp3) is 0.385. The molecule has 0 saturated heterocycles. The standard InChI is InChI=1S/C13H13N3O3/c17-13-10-8-9(16(18)19)5-6-11(10)14-12-4-2-1-3-7-15(12)13/h5-6,8H,1-4,7H2. The van der Waals surface area contributed by atoms with Crippen LogP contribution in [0.25, 0.3) is 10.9 Å². The summed E-state index contributed by atoms with van der Waals surface area (Å²) in [7, 11) is 0. The molecule has 1 aromatic heterocycles. The van der Waals surface area contributed by atoms with Crippen molar-refractivity contribution in [3.8, 4) is 0 Å². The van der Waals surface area contributed by atoms with Crippen molar-refractivity contribution in [1.29, 1.82) is 0 Å². The molecule has 1 aliphatic heterocycles. The highest BCUT2D eigenvalue weighted by Gasteiger charge is 2.15. The molecule has 0 saturated carbocycles. The summed E-state index contributed by atoms with van der Waals surface area (Å²) in [5.74, 6) is 0.795. The molecular formula is C13H13N3O3. The number of nitro groups is 1. The van der Waals surface area contributed by atoms with E-state index in [0.29, 0.717) is 17.4 Å². The number of hydrogen-bond donors (Lipinski definition) is 0. The van der Waals surface area contributed by atoms with Gasteiger partial charge in [0.1, 0.15) is 5.82 Å². The second-order valence-electron chi connectivity index (χ2n) is 4.75. The van der Waals surface area contributed by atoms with Gasteiger partial charge in [0.2, 0.25) is 0 Å². The van der Waals surface area contributed by atoms with Crippen molar-refractivity contribution in [1.82, 2.24) is 9.55 Å². The molecule has 0 unspecified atom stereocenters. The summed E-state index contributed by atoms with van der Waals surface area (Å²) >= 11 is 0. The van der Waals surface area contributed by atoms with Gasteiger partial charge in [0, 0.05) is 25.1 Å². The minimum atomic E-state index is -0.491. The Labute approximate surface area is 108 Å². The molecule has 6 heteroatoms. The Morgan fingerprint density at radius 3 is 2.89 bits per heavy atom. The van der Waals surface area contributed by atoms with Crippen LogP contribution in [0, 0.1) is 10.1 Å². The van der Waals surface area contributed by atoms with Gasteiger partial charge in [0.25, 0.3) is 11.2 Å². The van der Waals surface area contributed by atoms with E-state index in [9.17, 15) is 14.9 Å². The SMILES string of the molecule is O=c1c2cc([N+](=O)[O-])ccc2nc2n1CCCCC2. The van der Waals surface area contributed by atoms with Crippen molar-refractivity contribution in [3.63, 3.8) is 0 Å². The van der Waals surface area contributed by atoms with E-state index in [1.54, 1.807) is 10.6 Å². The van der Waals surface area contributed by atoms with Crippen molar-refractivity contribution in [2.24, 2.45) is 0 Å². The van der Waals surface area contributed by atoms with Crippen molar-refractivity contribution in [2.75, 3.05) is 0 Å². The van der Waals surface area contributed by atoms with Gasteiger partial charge in [0.05, 0.1) is 15.8 Å². The molecule has 0 aliphatic carbocycles. The summed E-state index contributed by atoms with van der Waals surface area (Å²) < 4.78 is 1.67. The summed E-state index contributed by atoms with van der Waals surface area (Å²) in [4.78, 5) is 27.2. The third kappa shape index (κ3) is 1.99. The molecular weight excluding hydrogens is 246 g/mol. The third-order valence-corrected chi connectivity index (χ3v) is 3.51. The van der Waals surface area contributed by atoms with E-state index >= 15 is 0 Å². The molecule has 0 amide bonds. The Balaban J connectivity index is 2.29. The minimum absolute atomic E-state index is 0.0689. The molecule has 0 bridgehead atoms. The van der Waals surface area contributed by atoms with Gasteiger partial charge in [0.15, 0.2) is 0 Å². The molecule has 0 spiro atoms. The molecule has 0 N–H and O–H groups in total. The number of non-ortho nitro benzene ring substituents is 1. The van der Waals surface area contributed by atoms with Crippen LogP contribution in [0.3, 0.4) is 0 Å². The Hall–Kier alpha value is -2.24. The molecule has 0 fully saturated rings. The monoisotopic (exact) mass is 259 g/mol. The molecule has 0 atom stereocenters. The molecule has 98 valence electrons. The number of fused-ring (bicyclic) bond motifs is 2. The van der Waals surface area contributed by atoms with Gasteiger partial charge >= 0.3 is 0 Å². The third-order valence-electron chi connectivity index (χ3n) is 3.51. The smallest absolute Gasteiger partial charge is 0.270 e. The van der Waals surface area contributed by atoms with Gasteiger partial charge < -0.3 is 0 Å². The average Bonchev–Trinajstić information content (AvgIpc) is 2.64. The largest absolute Gasteiger partial charge is 0.296 e. The Bertz CT molecular complexity index is 721. The first-order chi connectivity index (χ1) is 9.16. The fourth-order valence-electron chi connectivity index (χ4n) is 2.52. The van der Waals surface area contributed by atoms with Crippen molar-refractivity contribution in [2.45, 2.75) is 32.2 Å². The number of aryl methyl sites for hydroxylation is 1. The molecule has 2 heterocycles. The van der Waals surface area contributed by atoms with Crippen molar-refractivity contribution < 1.29 is 4.92 Å². The number of aromatic nitrogens is 2. The zero-order valence-electron chi connectivity index (χ0n) is 10.3. The average molecular weight is 259 g/mol. The first kappa shape index (κ1) is 11.8. The summed E-state index contributed by atoms with van der Waals surface area (Å²) in [6.07, 6.45) is 3.86. The lowest BCUT2D eigenvalue weighted by atomic mass is 10.2. The van der Waals surface area contributed by atoms with Gasteiger partial charge in [-0.15, -0.1) is 0 Å². The molecule has 0 radical (unpaired) electrons. The van der Waals surface area contributed by atoms with Crippen LogP contribution in [0.1, 0.15) is 25.1 Å². The zero-order valence-corrected chi connectivity index (χ0v) is 10.3. The molecule has 1 aromatic carbocycles. The second-order valence-corrected chi connectivity index (χ2v) is 4.75. The zero-order chi connectivity index (χ0) is 13.4.